The normalized spacial score (nSPS) is 20.4. The molecule has 2 N–H and O–H groups in total. The Morgan fingerprint density at radius 1 is 1.21 bits per heavy atom. The Bertz CT molecular complexity index is 448. The van der Waals surface area contributed by atoms with E-state index >= 15 is 0 Å². The van der Waals surface area contributed by atoms with Gasteiger partial charge in [0.1, 0.15) is 0 Å². The second-order valence-electron chi connectivity index (χ2n) is 5.64. The molecule has 1 aromatic carbocycles. The fourth-order valence-electron chi connectivity index (χ4n) is 3.52. The van der Waals surface area contributed by atoms with Gasteiger partial charge in [-0.25, -0.2) is 0 Å². The smallest absolute Gasteiger partial charge is 0.324 e. The molecule has 0 saturated heterocycles. The van der Waals surface area contributed by atoms with Gasteiger partial charge in [0.05, 0.1) is 5.16 Å². The molecule has 0 amide bonds. The van der Waals surface area contributed by atoms with Crippen LogP contribution in [0.3, 0.4) is 0 Å². The van der Waals surface area contributed by atoms with Crippen LogP contribution < -0.4 is 0 Å². The molecule has 1 fully saturated rings. The van der Waals surface area contributed by atoms with E-state index in [0.717, 1.165) is 31.2 Å². The maximum absolute atomic E-state index is 12.2. The zero-order chi connectivity index (χ0) is 13.9. The topological polar surface area (TPSA) is 57.5 Å². The summed E-state index contributed by atoms with van der Waals surface area (Å²) in [6.07, 6.45) is 5.12. The number of hydrogen-bond acceptors (Lipinski definition) is 1. The van der Waals surface area contributed by atoms with Crippen LogP contribution >= 0.6 is 7.60 Å². The zero-order valence-electron chi connectivity index (χ0n) is 11.5. The first-order valence-corrected chi connectivity index (χ1v) is 8.70. The molecule has 1 aliphatic carbocycles. The molecule has 0 heterocycles. The lowest BCUT2D eigenvalue weighted by Crippen LogP contribution is -2.38. The molecule has 0 spiro atoms. The van der Waals surface area contributed by atoms with Gasteiger partial charge in [-0.2, -0.15) is 0 Å². The largest absolute Gasteiger partial charge is 0.332 e. The van der Waals surface area contributed by atoms with E-state index in [4.69, 9.17) is 0 Å². The summed E-state index contributed by atoms with van der Waals surface area (Å²) in [5, 5.41) is -0.870. The quantitative estimate of drug-likeness (QED) is 0.809. The minimum Gasteiger partial charge on any atom is -0.324 e. The van der Waals surface area contributed by atoms with E-state index in [-0.39, 0.29) is 5.92 Å². The molecule has 0 bridgehead atoms. The third-order valence-corrected chi connectivity index (χ3v) is 6.66. The molecule has 0 aromatic heterocycles. The molecule has 1 atom stereocenters. The van der Waals surface area contributed by atoms with Crippen molar-refractivity contribution in [3.8, 4) is 0 Å². The molecule has 19 heavy (non-hydrogen) atoms. The fourth-order valence-corrected chi connectivity index (χ4v) is 5.05. The maximum Gasteiger partial charge on any atom is 0.332 e. The summed E-state index contributed by atoms with van der Waals surface area (Å²) < 4.78 is 12.2. The summed E-state index contributed by atoms with van der Waals surface area (Å²) in [5.74, 6) is 0.151. The highest BCUT2D eigenvalue weighted by atomic mass is 31.2. The summed E-state index contributed by atoms with van der Waals surface area (Å²) >= 11 is 0. The minimum absolute atomic E-state index is 0.151. The van der Waals surface area contributed by atoms with Crippen LogP contribution in [0.1, 0.15) is 44.6 Å². The van der Waals surface area contributed by atoms with E-state index in [2.05, 4.69) is 0 Å². The highest BCUT2D eigenvalue weighted by Gasteiger charge is 2.51. The summed E-state index contributed by atoms with van der Waals surface area (Å²) in [6, 6.07) is 9.74. The molecular formula is C15H23O3P. The lowest BCUT2D eigenvalue weighted by molar-refractivity contribution is 0.259. The van der Waals surface area contributed by atoms with Crippen molar-refractivity contribution in [2.45, 2.75) is 50.6 Å². The van der Waals surface area contributed by atoms with Crippen molar-refractivity contribution in [3.05, 3.63) is 35.9 Å². The Balaban J connectivity index is 2.35. The molecule has 1 saturated carbocycles. The molecular weight excluding hydrogens is 259 g/mol. The van der Waals surface area contributed by atoms with E-state index < -0.39 is 12.8 Å². The lowest BCUT2D eigenvalue weighted by atomic mass is 9.82. The van der Waals surface area contributed by atoms with Crippen LogP contribution in [0.15, 0.2) is 30.3 Å². The van der Waals surface area contributed by atoms with Gasteiger partial charge in [-0.3, -0.25) is 4.57 Å². The van der Waals surface area contributed by atoms with Crippen molar-refractivity contribution < 1.29 is 14.4 Å². The van der Waals surface area contributed by atoms with Crippen LogP contribution in [0.25, 0.3) is 0 Å². The standard InChI is InChI=1S/C15H23O3P/c1-2-15(19(16,17)18,14-10-6-7-11-14)12-13-8-4-3-5-9-13/h3-5,8-9,14H,2,6-7,10-12H2,1H3,(H2,16,17,18). The van der Waals surface area contributed by atoms with Crippen LogP contribution in [0.4, 0.5) is 0 Å². The Kier molecular flexibility index (Phi) is 4.50. The van der Waals surface area contributed by atoms with E-state index in [0.29, 0.717) is 12.8 Å². The predicted octanol–water partition coefficient (Wildman–Crippen LogP) is 3.75. The SMILES string of the molecule is CCC(Cc1ccccc1)(C1CCCC1)P(=O)(O)O. The average molecular weight is 282 g/mol. The first-order chi connectivity index (χ1) is 8.99. The Morgan fingerprint density at radius 2 is 1.79 bits per heavy atom. The Hall–Kier alpha value is -0.630. The number of rotatable bonds is 5. The van der Waals surface area contributed by atoms with Crippen LogP contribution in [0.2, 0.25) is 0 Å². The van der Waals surface area contributed by atoms with Gasteiger partial charge < -0.3 is 9.79 Å². The molecule has 106 valence electrons. The van der Waals surface area contributed by atoms with E-state index in [9.17, 15) is 14.4 Å². The molecule has 0 aliphatic heterocycles. The number of hydrogen-bond donors (Lipinski definition) is 2. The highest BCUT2D eigenvalue weighted by Crippen LogP contribution is 2.61. The third kappa shape index (κ3) is 2.94. The van der Waals surface area contributed by atoms with E-state index in [1.54, 1.807) is 0 Å². The molecule has 4 heteroatoms. The summed E-state index contributed by atoms with van der Waals surface area (Å²) in [7, 11) is -4.12. The van der Waals surface area contributed by atoms with Gasteiger partial charge in [0.2, 0.25) is 0 Å². The molecule has 1 unspecified atom stereocenters. The molecule has 1 aromatic rings. The molecule has 3 nitrogen and oxygen atoms in total. The van der Waals surface area contributed by atoms with Crippen LogP contribution in [0.5, 0.6) is 0 Å². The first-order valence-electron chi connectivity index (χ1n) is 7.09. The average Bonchev–Trinajstić information content (AvgIpc) is 2.90. The molecule has 0 radical (unpaired) electrons. The van der Waals surface area contributed by atoms with Gasteiger partial charge >= 0.3 is 7.60 Å². The van der Waals surface area contributed by atoms with Crippen molar-refractivity contribution in [2.24, 2.45) is 5.92 Å². The number of benzene rings is 1. The van der Waals surface area contributed by atoms with Crippen molar-refractivity contribution >= 4 is 7.60 Å². The van der Waals surface area contributed by atoms with Crippen molar-refractivity contribution in [2.75, 3.05) is 0 Å². The van der Waals surface area contributed by atoms with E-state index in [1.807, 2.05) is 37.3 Å². The van der Waals surface area contributed by atoms with E-state index in [1.165, 1.54) is 0 Å². The minimum atomic E-state index is -4.12. The van der Waals surface area contributed by atoms with Gasteiger partial charge in [0.15, 0.2) is 0 Å². The van der Waals surface area contributed by atoms with Gasteiger partial charge in [0, 0.05) is 0 Å². The van der Waals surface area contributed by atoms with Crippen LogP contribution in [-0.2, 0) is 11.0 Å². The Labute approximate surface area is 115 Å². The summed E-state index contributed by atoms with van der Waals surface area (Å²) in [5.41, 5.74) is 1.03. The second kappa shape index (κ2) is 5.78. The maximum atomic E-state index is 12.2. The first kappa shape index (κ1) is 14.8. The molecule has 1 aliphatic rings. The molecule has 2 rings (SSSR count). The van der Waals surface area contributed by atoms with Gasteiger partial charge in [-0.15, -0.1) is 0 Å². The monoisotopic (exact) mass is 282 g/mol. The van der Waals surface area contributed by atoms with Crippen LogP contribution in [0, 0.1) is 5.92 Å². The summed E-state index contributed by atoms with van der Waals surface area (Å²) in [6.45, 7) is 1.92. The zero-order valence-corrected chi connectivity index (χ0v) is 12.4. The second-order valence-corrected chi connectivity index (χ2v) is 7.62. The lowest BCUT2D eigenvalue weighted by Gasteiger charge is -2.39. The van der Waals surface area contributed by atoms with Crippen molar-refractivity contribution in [1.82, 2.24) is 0 Å². The van der Waals surface area contributed by atoms with Gasteiger partial charge in [-0.05, 0) is 37.2 Å². The Morgan fingerprint density at radius 3 is 2.26 bits per heavy atom. The van der Waals surface area contributed by atoms with Crippen molar-refractivity contribution in [3.63, 3.8) is 0 Å². The fraction of sp³-hybridized carbons (Fsp3) is 0.600. The van der Waals surface area contributed by atoms with Crippen molar-refractivity contribution in [1.29, 1.82) is 0 Å². The third-order valence-electron chi connectivity index (χ3n) is 4.66. The predicted molar refractivity (Wildman–Crippen MR) is 77.2 cm³/mol. The summed E-state index contributed by atoms with van der Waals surface area (Å²) in [4.78, 5) is 19.9. The van der Waals surface area contributed by atoms with Gasteiger partial charge in [-0.1, -0.05) is 50.1 Å². The highest BCUT2D eigenvalue weighted by molar-refractivity contribution is 7.53. The van der Waals surface area contributed by atoms with Gasteiger partial charge in [0.25, 0.3) is 0 Å². The van der Waals surface area contributed by atoms with Crippen LogP contribution in [-0.4, -0.2) is 14.9 Å².